The second-order valence-corrected chi connectivity index (χ2v) is 4.12. The standard InChI is InChI=1S/C9H16F2N2/c10-9(11)7(12)4-6-13-5-2-1-3-8(9)13/h7-8H,1-6,12H2. The fourth-order valence-electron chi connectivity index (χ4n) is 2.44. The third kappa shape index (κ3) is 1.46. The van der Waals surface area contributed by atoms with E-state index >= 15 is 0 Å². The molecule has 2 atom stereocenters. The van der Waals surface area contributed by atoms with E-state index in [2.05, 4.69) is 0 Å². The van der Waals surface area contributed by atoms with Crippen LogP contribution in [0.15, 0.2) is 0 Å². The van der Waals surface area contributed by atoms with Crippen molar-refractivity contribution in [3.63, 3.8) is 0 Å². The number of fused-ring (bicyclic) bond motifs is 1. The van der Waals surface area contributed by atoms with E-state index in [-0.39, 0.29) is 0 Å². The maximum absolute atomic E-state index is 13.6. The van der Waals surface area contributed by atoms with Crippen molar-refractivity contribution in [2.75, 3.05) is 13.1 Å². The Balaban J connectivity index is 2.14. The molecule has 2 heterocycles. The number of nitrogens with two attached hydrogens (primary N) is 1. The Labute approximate surface area is 77.1 Å². The summed E-state index contributed by atoms with van der Waals surface area (Å²) in [6, 6.07) is -1.50. The molecule has 0 radical (unpaired) electrons. The summed E-state index contributed by atoms with van der Waals surface area (Å²) < 4.78 is 27.1. The van der Waals surface area contributed by atoms with E-state index in [1.54, 1.807) is 0 Å². The highest BCUT2D eigenvalue weighted by molar-refractivity contribution is 4.99. The molecule has 0 aromatic carbocycles. The van der Waals surface area contributed by atoms with E-state index in [0.717, 1.165) is 25.9 Å². The largest absolute Gasteiger partial charge is 0.323 e. The molecule has 0 saturated carbocycles. The van der Waals surface area contributed by atoms with Gasteiger partial charge in [0.05, 0.1) is 12.1 Å². The molecule has 0 amide bonds. The van der Waals surface area contributed by atoms with Gasteiger partial charge in [-0.1, -0.05) is 6.42 Å². The summed E-state index contributed by atoms with van der Waals surface area (Å²) in [6.45, 7) is 1.58. The summed E-state index contributed by atoms with van der Waals surface area (Å²) in [5, 5.41) is 0. The van der Waals surface area contributed by atoms with Gasteiger partial charge in [-0.2, -0.15) is 0 Å². The molecule has 0 bridgehead atoms. The maximum Gasteiger partial charge on any atom is 0.278 e. The lowest BCUT2D eigenvalue weighted by Crippen LogP contribution is -2.63. The molecule has 0 aliphatic carbocycles. The Morgan fingerprint density at radius 3 is 2.69 bits per heavy atom. The van der Waals surface area contributed by atoms with Gasteiger partial charge in [-0.3, -0.25) is 4.90 Å². The Bertz CT molecular complexity index is 196. The van der Waals surface area contributed by atoms with Gasteiger partial charge >= 0.3 is 0 Å². The molecule has 0 spiro atoms. The van der Waals surface area contributed by atoms with Crippen molar-refractivity contribution < 1.29 is 8.78 Å². The third-order valence-corrected chi connectivity index (χ3v) is 3.28. The van der Waals surface area contributed by atoms with Crippen molar-refractivity contribution >= 4 is 0 Å². The molecule has 2 fully saturated rings. The van der Waals surface area contributed by atoms with Crippen LogP contribution in [0.5, 0.6) is 0 Å². The number of nitrogens with zero attached hydrogens (tertiary/aromatic N) is 1. The lowest BCUT2D eigenvalue weighted by Gasteiger charge is -2.46. The molecule has 13 heavy (non-hydrogen) atoms. The minimum absolute atomic E-state index is 0.434. The zero-order valence-electron chi connectivity index (χ0n) is 7.68. The Morgan fingerprint density at radius 2 is 1.92 bits per heavy atom. The van der Waals surface area contributed by atoms with Crippen molar-refractivity contribution in [1.29, 1.82) is 0 Å². The van der Waals surface area contributed by atoms with Crippen LogP contribution in [0.4, 0.5) is 8.78 Å². The van der Waals surface area contributed by atoms with Crippen LogP contribution in [0.25, 0.3) is 0 Å². The summed E-state index contributed by atoms with van der Waals surface area (Å²) in [7, 11) is 0. The van der Waals surface area contributed by atoms with Gasteiger partial charge < -0.3 is 5.73 Å². The van der Waals surface area contributed by atoms with Gasteiger partial charge in [-0.25, -0.2) is 8.78 Å². The van der Waals surface area contributed by atoms with E-state index in [4.69, 9.17) is 5.73 Å². The number of hydrogen-bond acceptors (Lipinski definition) is 2. The SMILES string of the molecule is NC1CCN2CCCCC2C1(F)F. The molecule has 2 unspecified atom stereocenters. The van der Waals surface area contributed by atoms with E-state index < -0.39 is 18.0 Å². The van der Waals surface area contributed by atoms with Gasteiger partial charge in [-0.05, 0) is 25.8 Å². The van der Waals surface area contributed by atoms with Gasteiger partial charge in [0.1, 0.15) is 0 Å². The van der Waals surface area contributed by atoms with Crippen molar-refractivity contribution in [1.82, 2.24) is 4.90 Å². The first-order chi connectivity index (χ1) is 6.12. The summed E-state index contributed by atoms with van der Waals surface area (Å²) in [6.07, 6.45) is 3.02. The van der Waals surface area contributed by atoms with Gasteiger partial charge in [0.15, 0.2) is 0 Å². The normalized spacial score (nSPS) is 39.9. The highest BCUT2D eigenvalue weighted by Gasteiger charge is 2.51. The predicted molar refractivity (Wildman–Crippen MR) is 46.8 cm³/mol. The Morgan fingerprint density at radius 1 is 1.15 bits per heavy atom. The number of piperidine rings is 2. The zero-order chi connectivity index (χ0) is 9.47. The van der Waals surface area contributed by atoms with Crippen molar-refractivity contribution in [2.45, 2.75) is 43.7 Å². The van der Waals surface area contributed by atoms with E-state index in [1.165, 1.54) is 0 Å². The zero-order valence-corrected chi connectivity index (χ0v) is 7.68. The molecule has 2 saturated heterocycles. The van der Waals surface area contributed by atoms with Crippen LogP contribution in [0.3, 0.4) is 0 Å². The molecule has 76 valence electrons. The van der Waals surface area contributed by atoms with Gasteiger partial charge in [0.2, 0.25) is 0 Å². The van der Waals surface area contributed by atoms with Crippen LogP contribution < -0.4 is 5.73 Å². The quantitative estimate of drug-likeness (QED) is 0.622. The summed E-state index contributed by atoms with van der Waals surface area (Å²) in [5.74, 6) is -2.67. The minimum Gasteiger partial charge on any atom is -0.323 e. The molecule has 2 nitrogen and oxygen atoms in total. The fourth-order valence-corrected chi connectivity index (χ4v) is 2.44. The van der Waals surface area contributed by atoms with Gasteiger partial charge in [0.25, 0.3) is 5.92 Å². The topological polar surface area (TPSA) is 29.3 Å². The van der Waals surface area contributed by atoms with Crippen LogP contribution in [0.2, 0.25) is 0 Å². The first-order valence-electron chi connectivity index (χ1n) is 5.00. The molecule has 2 N–H and O–H groups in total. The molecule has 0 aromatic rings. The van der Waals surface area contributed by atoms with Crippen molar-refractivity contribution in [3.05, 3.63) is 0 Å². The molecule has 2 aliphatic rings. The number of rotatable bonds is 0. The highest BCUT2D eigenvalue weighted by atomic mass is 19.3. The highest BCUT2D eigenvalue weighted by Crippen LogP contribution is 2.37. The number of halogens is 2. The van der Waals surface area contributed by atoms with Crippen molar-refractivity contribution in [2.24, 2.45) is 5.73 Å². The fraction of sp³-hybridized carbons (Fsp3) is 1.00. The van der Waals surface area contributed by atoms with Crippen molar-refractivity contribution in [3.8, 4) is 0 Å². The van der Waals surface area contributed by atoms with Crippen LogP contribution in [0, 0.1) is 0 Å². The smallest absolute Gasteiger partial charge is 0.278 e. The van der Waals surface area contributed by atoms with E-state index in [9.17, 15) is 8.78 Å². The second-order valence-electron chi connectivity index (χ2n) is 4.12. The maximum atomic E-state index is 13.6. The van der Waals surface area contributed by atoms with Crippen LogP contribution in [-0.2, 0) is 0 Å². The minimum atomic E-state index is -2.67. The number of hydrogen-bond donors (Lipinski definition) is 1. The Hall–Kier alpha value is -0.220. The predicted octanol–water partition coefficient (Wildman–Crippen LogP) is 1.21. The lowest BCUT2D eigenvalue weighted by molar-refractivity contribution is -0.136. The third-order valence-electron chi connectivity index (χ3n) is 3.28. The van der Waals surface area contributed by atoms with E-state index in [0.29, 0.717) is 12.8 Å². The summed E-state index contributed by atoms with van der Waals surface area (Å²) in [5.41, 5.74) is 5.44. The average Bonchev–Trinajstić information content (AvgIpc) is 2.13. The molecule has 2 rings (SSSR count). The monoisotopic (exact) mass is 190 g/mol. The summed E-state index contributed by atoms with van der Waals surface area (Å²) in [4.78, 5) is 1.91. The first-order valence-corrected chi connectivity index (χ1v) is 5.00. The Kier molecular flexibility index (Phi) is 2.28. The second kappa shape index (κ2) is 3.17. The number of alkyl halides is 2. The van der Waals surface area contributed by atoms with Crippen LogP contribution in [0.1, 0.15) is 25.7 Å². The van der Waals surface area contributed by atoms with Crippen LogP contribution in [-0.4, -0.2) is 36.0 Å². The molecular weight excluding hydrogens is 174 g/mol. The molecule has 4 heteroatoms. The molecule has 0 aromatic heterocycles. The molecule has 2 aliphatic heterocycles. The average molecular weight is 190 g/mol. The first kappa shape index (κ1) is 9.34. The summed E-state index contributed by atoms with van der Waals surface area (Å²) >= 11 is 0. The van der Waals surface area contributed by atoms with E-state index in [1.807, 2.05) is 4.90 Å². The molecular formula is C9H16F2N2. The van der Waals surface area contributed by atoms with Gasteiger partial charge in [0, 0.05) is 6.54 Å². The van der Waals surface area contributed by atoms with Gasteiger partial charge in [-0.15, -0.1) is 0 Å². The van der Waals surface area contributed by atoms with Crippen LogP contribution >= 0.6 is 0 Å². The lowest BCUT2D eigenvalue weighted by atomic mass is 9.87.